The lowest BCUT2D eigenvalue weighted by atomic mass is 10.0. The first-order valence-corrected chi connectivity index (χ1v) is 11.6. The molecule has 170 valence electrons. The van der Waals surface area contributed by atoms with Crippen molar-refractivity contribution in [1.82, 2.24) is 15.2 Å². The number of hydrogen-bond acceptors (Lipinski definition) is 5. The zero-order chi connectivity index (χ0) is 22.6. The molecule has 0 saturated carbocycles. The molecule has 2 fully saturated rings. The number of carbonyl (C=O) groups excluding carboxylic acids is 1. The van der Waals surface area contributed by atoms with Crippen LogP contribution in [-0.2, 0) is 6.54 Å². The standard InChI is InChI=1S/C27H29N3O3/c1-30-21-11-12-22(30)16-25(15-21)32-24-9-5-6-19(14-24)17-29-27(31)20-10-13-26(28-18-20)33-23-7-3-2-4-8-23/h2-10,13-14,18,21-22,25H,11-12,15-17H2,1H3,(H,29,31)/t21-,22-/m1/s1. The van der Waals surface area contributed by atoms with Crippen molar-refractivity contribution in [3.8, 4) is 17.4 Å². The second kappa shape index (κ2) is 9.63. The van der Waals surface area contributed by atoms with E-state index in [4.69, 9.17) is 9.47 Å². The van der Waals surface area contributed by atoms with Crippen molar-refractivity contribution >= 4 is 5.91 Å². The highest BCUT2D eigenvalue weighted by Gasteiger charge is 2.39. The van der Waals surface area contributed by atoms with Crippen LogP contribution in [0, 0.1) is 0 Å². The number of nitrogens with one attached hydrogen (secondary N) is 1. The van der Waals surface area contributed by atoms with Crippen LogP contribution in [0.15, 0.2) is 72.9 Å². The number of piperidine rings is 1. The van der Waals surface area contributed by atoms with E-state index < -0.39 is 0 Å². The summed E-state index contributed by atoms with van der Waals surface area (Å²) in [7, 11) is 2.24. The van der Waals surface area contributed by atoms with E-state index in [1.807, 2.05) is 54.6 Å². The molecule has 0 radical (unpaired) electrons. The fourth-order valence-electron chi connectivity index (χ4n) is 4.85. The largest absolute Gasteiger partial charge is 0.490 e. The van der Waals surface area contributed by atoms with E-state index in [9.17, 15) is 4.79 Å². The zero-order valence-corrected chi connectivity index (χ0v) is 18.8. The minimum atomic E-state index is -0.174. The van der Waals surface area contributed by atoms with Crippen molar-refractivity contribution in [3.63, 3.8) is 0 Å². The van der Waals surface area contributed by atoms with Gasteiger partial charge in [-0.3, -0.25) is 4.79 Å². The number of aromatic nitrogens is 1. The lowest BCUT2D eigenvalue weighted by Crippen LogP contribution is -2.43. The molecule has 0 spiro atoms. The SMILES string of the molecule is CN1[C@@H]2CC[C@@H]1CC(Oc1cccc(CNC(=O)c3ccc(Oc4ccccc4)nc3)c1)C2. The van der Waals surface area contributed by atoms with Gasteiger partial charge in [0.05, 0.1) is 5.56 Å². The van der Waals surface area contributed by atoms with Gasteiger partial charge in [0.25, 0.3) is 5.91 Å². The van der Waals surface area contributed by atoms with Crippen LogP contribution in [0.5, 0.6) is 17.4 Å². The summed E-state index contributed by atoms with van der Waals surface area (Å²) in [6.45, 7) is 0.428. The summed E-state index contributed by atoms with van der Waals surface area (Å²) in [5.74, 6) is 1.86. The average molecular weight is 444 g/mol. The Morgan fingerprint density at radius 2 is 1.76 bits per heavy atom. The summed E-state index contributed by atoms with van der Waals surface area (Å²) in [5, 5.41) is 2.96. The first kappa shape index (κ1) is 21.5. The Labute approximate surface area is 194 Å². The summed E-state index contributed by atoms with van der Waals surface area (Å²) < 4.78 is 12.0. The molecule has 2 bridgehead atoms. The van der Waals surface area contributed by atoms with Crippen molar-refractivity contribution in [3.05, 3.63) is 84.1 Å². The van der Waals surface area contributed by atoms with E-state index in [-0.39, 0.29) is 12.0 Å². The molecule has 5 rings (SSSR count). The van der Waals surface area contributed by atoms with Gasteiger partial charge in [0, 0.05) is 30.9 Å². The molecule has 2 saturated heterocycles. The number of fused-ring (bicyclic) bond motifs is 2. The molecule has 33 heavy (non-hydrogen) atoms. The van der Waals surface area contributed by atoms with Gasteiger partial charge in [-0.15, -0.1) is 0 Å². The number of benzene rings is 2. The van der Waals surface area contributed by atoms with Crippen LogP contribution in [0.3, 0.4) is 0 Å². The minimum Gasteiger partial charge on any atom is -0.490 e. The van der Waals surface area contributed by atoms with E-state index >= 15 is 0 Å². The topological polar surface area (TPSA) is 63.7 Å². The molecule has 1 aromatic heterocycles. The highest BCUT2D eigenvalue weighted by atomic mass is 16.5. The van der Waals surface area contributed by atoms with Gasteiger partial charge in [-0.05, 0) is 68.6 Å². The Morgan fingerprint density at radius 1 is 1.00 bits per heavy atom. The molecule has 6 nitrogen and oxygen atoms in total. The molecule has 0 aliphatic carbocycles. The smallest absolute Gasteiger partial charge is 0.253 e. The van der Waals surface area contributed by atoms with Crippen molar-refractivity contribution in [2.45, 2.75) is 50.4 Å². The van der Waals surface area contributed by atoms with Crippen LogP contribution in [0.25, 0.3) is 0 Å². The molecule has 1 N–H and O–H groups in total. The first-order chi connectivity index (χ1) is 16.1. The van der Waals surface area contributed by atoms with Gasteiger partial charge in [-0.2, -0.15) is 0 Å². The highest BCUT2D eigenvalue weighted by Crippen LogP contribution is 2.36. The molecular weight excluding hydrogens is 414 g/mol. The Bertz CT molecular complexity index is 1070. The summed E-state index contributed by atoms with van der Waals surface area (Å²) in [6, 6.07) is 22.2. The number of ether oxygens (including phenoxy) is 2. The van der Waals surface area contributed by atoms with Gasteiger partial charge < -0.3 is 19.7 Å². The molecule has 2 aliphatic heterocycles. The van der Waals surface area contributed by atoms with Crippen LogP contribution in [0.2, 0.25) is 0 Å². The fourth-order valence-corrected chi connectivity index (χ4v) is 4.85. The number of nitrogens with zero attached hydrogens (tertiary/aromatic N) is 2. The molecule has 6 heteroatoms. The average Bonchev–Trinajstić information content (AvgIpc) is 3.04. The number of hydrogen-bond donors (Lipinski definition) is 1. The van der Waals surface area contributed by atoms with Gasteiger partial charge in [0.1, 0.15) is 17.6 Å². The summed E-state index contributed by atoms with van der Waals surface area (Å²) >= 11 is 0. The quantitative estimate of drug-likeness (QED) is 0.568. The van der Waals surface area contributed by atoms with Crippen LogP contribution in [0.1, 0.15) is 41.6 Å². The van der Waals surface area contributed by atoms with Crippen LogP contribution in [0.4, 0.5) is 0 Å². The number of carbonyl (C=O) groups is 1. The Hall–Kier alpha value is -3.38. The molecular formula is C27H29N3O3. The summed E-state index contributed by atoms with van der Waals surface area (Å²) in [4.78, 5) is 19.3. The minimum absolute atomic E-state index is 0.174. The predicted octanol–water partition coefficient (Wildman–Crippen LogP) is 4.81. The van der Waals surface area contributed by atoms with Gasteiger partial charge >= 0.3 is 0 Å². The Morgan fingerprint density at radius 3 is 2.48 bits per heavy atom. The maximum absolute atomic E-state index is 12.6. The molecule has 2 aliphatic rings. The van der Waals surface area contributed by atoms with E-state index in [0.29, 0.717) is 35.8 Å². The second-order valence-electron chi connectivity index (χ2n) is 8.89. The van der Waals surface area contributed by atoms with Gasteiger partial charge in [-0.25, -0.2) is 4.98 Å². The predicted molar refractivity (Wildman–Crippen MR) is 127 cm³/mol. The number of pyridine rings is 1. The van der Waals surface area contributed by atoms with Gasteiger partial charge in [-0.1, -0.05) is 30.3 Å². The number of rotatable bonds is 7. The molecule has 2 aromatic carbocycles. The van der Waals surface area contributed by atoms with Crippen molar-refractivity contribution in [1.29, 1.82) is 0 Å². The van der Waals surface area contributed by atoms with Crippen molar-refractivity contribution < 1.29 is 14.3 Å². The normalized spacial score (nSPS) is 22.0. The highest BCUT2D eigenvalue weighted by molar-refractivity contribution is 5.93. The Kier molecular flexibility index (Phi) is 6.26. The van der Waals surface area contributed by atoms with E-state index in [0.717, 1.165) is 24.2 Å². The number of para-hydroxylation sites is 1. The fraction of sp³-hybridized carbons (Fsp3) is 0.333. The third-order valence-corrected chi connectivity index (χ3v) is 6.67. The molecule has 3 aromatic rings. The van der Waals surface area contributed by atoms with E-state index in [1.54, 1.807) is 12.1 Å². The van der Waals surface area contributed by atoms with Crippen LogP contribution >= 0.6 is 0 Å². The van der Waals surface area contributed by atoms with Crippen LogP contribution in [-0.4, -0.2) is 41.0 Å². The third kappa shape index (κ3) is 5.17. The van der Waals surface area contributed by atoms with E-state index in [1.165, 1.54) is 19.0 Å². The van der Waals surface area contributed by atoms with Gasteiger partial charge in [0.2, 0.25) is 5.88 Å². The lowest BCUT2D eigenvalue weighted by Gasteiger charge is -2.36. The van der Waals surface area contributed by atoms with Crippen molar-refractivity contribution in [2.75, 3.05) is 7.05 Å². The van der Waals surface area contributed by atoms with Crippen LogP contribution < -0.4 is 14.8 Å². The molecule has 2 atom stereocenters. The second-order valence-corrected chi connectivity index (χ2v) is 8.89. The first-order valence-electron chi connectivity index (χ1n) is 11.6. The zero-order valence-electron chi connectivity index (χ0n) is 18.8. The third-order valence-electron chi connectivity index (χ3n) is 6.67. The Balaban J connectivity index is 1.14. The molecule has 1 amide bonds. The molecule has 0 unspecified atom stereocenters. The maximum Gasteiger partial charge on any atom is 0.253 e. The van der Waals surface area contributed by atoms with E-state index in [2.05, 4.69) is 22.2 Å². The summed E-state index contributed by atoms with van der Waals surface area (Å²) in [6.07, 6.45) is 6.53. The summed E-state index contributed by atoms with van der Waals surface area (Å²) in [5.41, 5.74) is 1.50. The van der Waals surface area contributed by atoms with Gasteiger partial charge in [0.15, 0.2) is 0 Å². The van der Waals surface area contributed by atoms with Crippen molar-refractivity contribution in [2.24, 2.45) is 0 Å². The molecule has 3 heterocycles. The number of amides is 1. The lowest BCUT2D eigenvalue weighted by molar-refractivity contribution is 0.0661. The maximum atomic E-state index is 12.6. The monoisotopic (exact) mass is 443 g/mol.